The Labute approximate surface area is 151 Å². The second kappa shape index (κ2) is 7.90. The molecule has 0 bridgehead atoms. The molecule has 1 unspecified atom stereocenters. The van der Waals surface area contributed by atoms with Crippen molar-refractivity contribution < 1.29 is 19.1 Å². The number of alkyl carbamates (subject to hydrolysis) is 1. The first-order valence-corrected chi connectivity index (χ1v) is 8.26. The predicted molar refractivity (Wildman–Crippen MR) is 97.4 cm³/mol. The largest absolute Gasteiger partial charge is 0.444 e. The third-order valence-corrected chi connectivity index (χ3v) is 3.57. The predicted octanol–water partition coefficient (Wildman–Crippen LogP) is 1.21. The maximum absolute atomic E-state index is 12.0. The normalized spacial score (nSPS) is 12.4. The number of aromatic nitrogens is 1. The van der Waals surface area contributed by atoms with Gasteiger partial charge in [-0.05, 0) is 32.4 Å². The van der Waals surface area contributed by atoms with Crippen LogP contribution in [0, 0.1) is 0 Å². The molecule has 1 aromatic carbocycles. The fourth-order valence-corrected chi connectivity index (χ4v) is 2.46. The lowest BCUT2D eigenvalue weighted by Gasteiger charge is -2.20. The smallest absolute Gasteiger partial charge is 0.408 e. The molecule has 0 saturated carbocycles. The monoisotopic (exact) mass is 360 g/mol. The molecule has 0 saturated heterocycles. The number of benzene rings is 1. The third kappa shape index (κ3) is 5.51. The zero-order valence-electron chi connectivity index (χ0n) is 15.1. The van der Waals surface area contributed by atoms with E-state index >= 15 is 0 Å². The summed E-state index contributed by atoms with van der Waals surface area (Å²) in [5.41, 5.74) is 6.55. The summed E-state index contributed by atoms with van der Waals surface area (Å²) in [5.74, 6) is -1.18. The molecule has 0 aliphatic rings. The second-order valence-electron chi connectivity index (χ2n) is 6.94. The fraction of sp³-hybridized carbons (Fsp3) is 0.389. The molecule has 0 aliphatic carbocycles. The van der Waals surface area contributed by atoms with Gasteiger partial charge < -0.3 is 26.1 Å². The summed E-state index contributed by atoms with van der Waals surface area (Å²) >= 11 is 0. The molecule has 5 N–H and O–H groups in total. The topological polar surface area (TPSA) is 126 Å². The zero-order valence-corrected chi connectivity index (χ0v) is 15.1. The highest BCUT2D eigenvalue weighted by atomic mass is 16.6. The second-order valence-corrected chi connectivity index (χ2v) is 6.94. The van der Waals surface area contributed by atoms with Gasteiger partial charge in [0.1, 0.15) is 18.2 Å². The lowest BCUT2D eigenvalue weighted by atomic mass is 10.0. The third-order valence-electron chi connectivity index (χ3n) is 3.57. The van der Waals surface area contributed by atoms with Crippen molar-refractivity contribution in [1.29, 1.82) is 0 Å². The minimum absolute atomic E-state index is 0.248. The van der Waals surface area contributed by atoms with E-state index in [0.29, 0.717) is 0 Å². The molecule has 1 atom stereocenters. The van der Waals surface area contributed by atoms with Gasteiger partial charge in [-0.3, -0.25) is 9.59 Å². The van der Waals surface area contributed by atoms with Gasteiger partial charge in [0.05, 0.1) is 0 Å². The van der Waals surface area contributed by atoms with Crippen molar-refractivity contribution in [3.63, 3.8) is 0 Å². The highest BCUT2D eigenvalue weighted by molar-refractivity contribution is 5.90. The number of aromatic amines is 1. The van der Waals surface area contributed by atoms with E-state index < -0.39 is 29.6 Å². The molecule has 0 fully saturated rings. The highest BCUT2D eigenvalue weighted by Gasteiger charge is 2.21. The van der Waals surface area contributed by atoms with Crippen LogP contribution >= 0.6 is 0 Å². The molecule has 3 amide bonds. The van der Waals surface area contributed by atoms with Gasteiger partial charge in [0.25, 0.3) is 0 Å². The molecule has 1 aromatic heterocycles. The Hall–Kier alpha value is -3.03. The summed E-state index contributed by atoms with van der Waals surface area (Å²) in [6.45, 7) is 4.84. The maximum atomic E-state index is 12.0. The van der Waals surface area contributed by atoms with Crippen molar-refractivity contribution in [3.05, 3.63) is 36.0 Å². The molecule has 26 heavy (non-hydrogen) atoms. The number of nitrogens with one attached hydrogen (secondary N) is 3. The lowest BCUT2D eigenvalue weighted by molar-refractivity contribution is -0.126. The Morgan fingerprint density at radius 2 is 1.92 bits per heavy atom. The summed E-state index contributed by atoms with van der Waals surface area (Å²) < 4.78 is 5.05. The van der Waals surface area contributed by atoms with E-state index in [0.717, 1.165) is 16.5 Å². The first kappa shape index (κ1) is 19.3. The Morgan fingerprint density at radius 1 is 1.23 bits per heavy atom. The molecule has 8 heteroatoms. The van der Waals surface area contributed by atoms with Crippen molar-refractivity contribution in [1.82, 2.24) is 15.6 Å². The van der Waals surface area contributed by atoms with Crippen molar-refractivity contribution in [2.45, 2.75) is 38.8 Å². The minimum Gasteiger partial charge on any atom is -0.444 e. The van der Waals surface area contributed by atoms with Crippen LogP contribution in [0.3, 0.4) is 0 Å². The molecular weight excluding hydrogens is 336 g/mol. The number of carbonyl (C=O) groups is 3. The average molecular weight is 360 g/mol. The minimum atomic E-state index is -0.887. The number of ether oxygens (including phenoxy) is 1. The van der Waals surface area contributed by atoms with Gasteiger partial charge >= 0.3 is 6.09 Å². The molecule has 2 aromatic rings. The van der Waals surface area contributed by atoms with Gasteiger partial charge in [0.2, 0.25) is 11.8 Å². The number of para-hydroxylation sites is 1. The average Bonchev–Trinajstić information content (AvgIpc) is 2.94. The summed E-state index contributed by atoms with van der Waals surface area (Å²) in [5, 5.41) is 5.84. The van der Waals surface area contributed by atoms with Crippen LogP contribution in [-0.2, 0) is 20.7 Å². The van der Waals surface area contributed by atoms with Crippen molar-refractivity contribution in [2.24, 2.45) is 5.73 Å². The van der Waals surface area contributed by atoms with Gasteiger partial charge in [-0.25, -0.2) is 4.79 Å². The number of hydrogen-bond donors (Lipinski definition) is 4. The van der Waals surface area contributed by atoms with Gasteiger partial charge in [0.15, 0.2) is 0 Å². The van der Waals surface area contributed by atoms with E-state index in [9.17, 15) is 14.4 Å². The van der Waals surface area contributed by atoms with E-state index in [-0.39, 0.29) is 13.0 Å². The number of rotatable bonds is 6. The van der Waals surface area contributed by atoms with Crippen molar-refractivity contribution in [2.75, 3.05) is 6.54 Å². The highest BCUT2D eigenvalue weighted by Crippen LogP contribution is 2.19. The Morgan fingerprint density at radius 3 is 2.58 bits per heavy atom. The van der Waals surface area contributed by atoms with Crippen LogP contribution in [0.15, 0.2) is 30.5 Å². The number of amides is 3. The summed E-state index contributed by atoms with van der Waals surface area (Å²) in [7, 11) is 0. The van der Waals surface area contributed by atoms with Crippen LogP contribution in [-0.4, -0.2) is 41.1 Å². The number of H-pyrrole nitrogens is 1. The number of primary amides is 1. The summed E-state index contributed by atoms with van der Waals surface area (Å²) in [6.07, 6.45) is 1.32. The molecule has 0 spiro atoms. The van der Waals surface area contributed by atoms with E-state index in [1.165, 1.54) is 0 Å². The standard InChI is InChI=1S/C18H24N4O4/c1-18(2,3)26-17(25)21-10-15(23)22-14(16(19)24)8-11-9-20-13-7-5-4-6-12(11)13/h4-7,9,14,20H,8,10H2,1-3H3,(H2,19,24)(H,21,25)(H,22,23). The van der Waals surface area contributed by atoms with Crippen molar-refractivity contribution >= 4 is 28.8 Å². The van der Waals surface area contributed by atoms with Crippen LogP contribution in [0.5, 0.6) is 0 Å². The van der Waals surface area contributed by atoms with Gasteiger partial charge in [-0.15, -0.1) is 0 Å². The molecule has 8 nitrogen and oxygen atoms in total. The van der Waals surface area contributed by atoms with Crippen LogP contribution < -0.4 is 16.4 Å². The van der Waals surface area contributed by atoms with Crippen LogP contribution in [0.4, 0.5) is 4.79 Å². The lowest BCUT2D eigenvalue weighted by Crippen LogP contribution is -2.49. The number of fused-ring (bicyclic) bond motifs is 1. The fourth-order valence-electron chi connectivity index (χ4n) is 2.46. The number of hydrogen-bond acceptors (Lipinski definition) is 4. The number of nitrogens with two attached hydrogens (primary N) is 1. The molecule has 140 valence electrons. The zero-order chi connectivity index (χ0) is 19.3. The van der Waals surface area contributed by atoms with Gasteiger partial charge in [-0.2, -0.15) is 0 Å². The van der Waals surface area contributed by atoms with E-state index in [4.69, 9.17) is 10.5 Å². The maximum Gasteiger partial charge on any atom is 0.408 e. The summed E-state index contributed by atoms with van der Waals surface area (Å²) in [6, 6.07) is 6.75. The van der Waals surface area contributed by atoms with Crippen LogP contribution in [0.25, 0.3) is 10.9 Å². The van der Waals surface area contributed by atoms with E-state index in [2.05, 4.69) is 15.6 Å². The van der Waals surface area contributed by atoms with Crippen LogP contribution in [0.1, 0.15) is 26.3 Å². The number of carbonyl (C=O) groups excluding carboxylic acids is 3. The Kier molecular flexibility index (Phi) is 5.86. The van der Waals surface area contributed by atoms with Gasteiger partial charge in [0, 0.05) is 23.5 Å². The van der Waals surface area contributed by atoms with E-state index in [1.54, 1.807) is 27.0 Å². The van der Waals surface area contributed by atoms with Crippen LogP contribution in [0.2, 0.25) is 0 Å². The Bertz CT molecular complexity index is 807. The van der Waals surface area contributed by atoms with Gasteiger partial charge in [-0.1, -0.05) is 18.2 Å². The molecule has 1 heterocycles. The van der Waals surface area contributed by atoms with E-state index in [1.807, 2.05) is 24.3 Å². The quantitative estimate of drug-likeness (QED) is 0.617. The van der Waals surface area contributed by atoms with Crippen molar-refractivity contribution in [3.8, 4) is 0 Å². The Balaban J connectivity index is 1.94. The first-order valence-electron chi connectivity index (χ1n) is 8.26. The first-order chi connectivity index (χ1) is 12.2. The molecule has 0 aliphatic heterocycles. The molecule has 0 radical (unpaired) electrons. The summed E-state index contributed by atoms with van der Waals surface area (Å²) in [4.78, 5) is 38.4. The molecular formula is C18H24N4O4. The SMILES string of the molecule is CC(C)(C)OC(=O)NCC(=O)NC(Cc1c[nH]c2ccccc12)C(N)=O. The molecule has 2 rings (SSSR count).